The highest BCUT2D eigenvalue weighted by Crippen LogP contribution is 2.26. The standard InChI is InChI=1S/C22H22N2O3S/c1-3-27-21-13-8-16-6-4-5-7-19(16)20(21)14-23-24-22(25)15-28-18-11-9-17(26-2)10-12-18/h4-14H,3,15H2,1-2H3,(H,24,25). The molecule has 0 aliphatic heterocycles. The normalized spacial score (nSPS) is 10.9. The Hall–Kier alpha value is -2.99. The number of thioether (sulfide) groups is 1. The lowest BCUT2D eigenvalue weighted by molar-refractivity contribution is -0.118. The number of hydrogen-bond donors (Lipinski definition) is 1. The topological polar surface area (TPSA) is 59.9 Å². The Morgan fingerprint density at radius 2 is 1.89 bits per heavy atom. The number of hydrogen-bond acceptors (Lipinski definition) is 5. The van der Waals surface area contributed by atoms with Crippen LogP contribution in [-0.2, 0) is 4.79 Å². The average Bonchev–Trinajstić information content (AvgIpc) is 2.74. The van der Waals surface area contributed by atoms with Gasteiger partial charge in [0.15, 0.2) is 0 Å². The second-order valence-electron chi connectivity index (χ2n) is 5.89. The maximum atomic E-state index is 12.1. The van der Waals surface area contributed by atoms with Crippen LogP contribution in [0.1, 0.15) is 12.5 Å². The Morgan fingerprint density at radius 3 is 2.64 bits per heavy atom. The van der Waals surface area contributed by atoms with Crippen LogP contribution in [0.15, 0.2) is 70.7 Å². The summed E-state index contributed by atoms with van der Waals surface area (Å²) in [6.45, 7) is 2.50. The van der Waals surface area contributed by atoms with E-state index >= 15 is 0 Å². The van der Waals surface area contributed by atoms with E-state index in [-0.39, 0.29) is 11.7 Å². The van der Waals surface area contributed by atoms with Crippen LogP contribution in [0.5, 0.6) is 11.5 Å². The zero-order valence-electron chi connectivity index (χ0n) is 15.8. The third kappa shape index (κ3) is 5.04. The zero-order chi connectivity index (χ0) is 19.8. The van der Waals surface area contributed by atoms with Crippen molar-refractivity contribution in [2.75, 3.05) is 19.5 Å². The SMILES string of the molecule is CCOc1ccc2ccccc2c1C=NNC(=O)CSc1ccc(OC)cc1. The fourth-order valence-electron chi connectivity index (χ4n) is 2.71. The molecule has 0 saturated heterocycles. The summed E-state index contributed by atoms with van der Waals surface area (Å²) in [5, 5.41) is 6.25. The molecule has 0 bridgehead atoms. The first kappa shape index (κ1) is 19.8. The molecule has 0 aliphatic rings. The van der Waals surface area contributed by atoms with Crippen LogP contribution in [0, 0.1) is 0 Å². The van der Waals surface area contributed by atoms with Gasteiger partial charge >= 0.3 is 0 Å². The Bertz CT molecular complexity index is 971. The lowest BCUT2D eigenvalue weighted by Crippen LogP contribution is -2.19. The van der Waals surface area contributed by atoms with Gasteiger partial charge in [0.1, 0.15) is 11.5 Å². The number of ether oxygens (including phenoxy) is 2. The number of amides is 1. The summed E-state index contributed by atoms with van der Waals surface area (Å²) in [5.41, 5.74) is 3.44. The molecule has 6 heteroatoms. The summed E-state index contributed by atoms with van der Waals surface area (Å²) >= 11 is 1.44. The summed E-state index contributed by atoms with van der Waals surface area (Å²) in [4.78, 5) is 13.1. The molecule has 0 unspecified atom stereocenters. The van der Waals surface area contributed by atoms with Gasteiger partial charge in [-0.05, 0) is 48.0 Å². The highest BCUT2D eigenvalue weighted by Gasteiger charge is 2.07. The molecule has 1 amide bonds. The van der Waals surface area contributed by atoms with Crippen molar-refractivity contribution in [3.63, 3.8) is 0 Å². The van der Waals surface area contributed by atoms with E-state index in [1.807, 2.05) is 67.6 Å². The molecule has 144 valence electrons. The second-order valence-corrected chi connectivity index (χ2v) is 6.94. The Morgan fingerprint density at radius 1 is 1.11 bits per heavy atom. The molecule has 5 nitrogen and oxygen atoms in total. The lowest BCUT2D eigenvalue weighted by atomic mass is 10.0. The number of rotatable bonds is 8. The molecule has 0 saturated carbocycles. The summed E-state index contributed by atoms with van der Waals surface area (Å²) < 4.78 is 10.8. The van der Waals surface area contributed by atoms with Gasteiger partial charge in [-0.2, -0.15) is 5.10 Å². The Balaban J connectivity index is 1.64. The first-order valence-corrected chi connectivity index (χ1v) is 9.93. The number of methoxy groups -OCH3 is 1. The molecule has 0 heterocycles. The van der Waals surface area contributed by atoms with Crippen molar-refractivity contribution in [1.29, 1.82) is 0 Å². The van der Waals surface area contributed by atoms with Crippen LogP contribution in [0.3, 0.4) is 0 Å². The van der Waals surface area contributed by atoms with Crippen molar-refractivity contribution < 1.29 is 14.3 Å². The van der Waals surface area contributed by atoms with E-state index in [2.05, 4.69) is 10.5 Å². The smallest absolute Gasteiger partial charge is 0.250 e. The largest absolute Gasteiger partial charge is 0.497 e. The number of carbonyl (C=O) groups excluding carboxylic acids is 1. The van der Waals surface area contributed by atoms with Crippen LogP contribution in [0.25, 0.3) is 10.8 Å². The molecule has 0 aromatic heterocycles. The predicted octanol–water partition coefficient (Wildman–Crippen LogP) is 4.49. The van der Waals surface area contributed by atoms with Crippen molar-refractivity contribution >= 4 is 34.7 Å². The van der Waals surface area contributed by atoms with E-state index < -0.39 is 0 Å². The quantitative estimate of drug-likeness (QED) is 0.347. The highest BCUT2D eigenvalue weighted by atomic mass is 32.2. The van der Waals surface area contributed by atoms with E-state index in [0.717, 1.165) is 32.7 Å². The molecule has 0 aliphatic carbocycles. The molecule has 0 radical (unpaired) electrons. The number of benzene rings is 3. The fraction of sp³-hybridized carbons (Fsp3) is 0.182. The van der Waals surface area contributed by atoms with Crippen molar-refractivity contribution in [1.82, 2.24) is 5.43 Å². The Labute approximate surface area is 168 Å². The Kier molecular flexibility index (Phi) is 6.92. The average molecular weight is 394 g/mol. The number of fused-ring (bicyclic) bond motifs is 1. The van der Waals surface area contributed by atoms with Crippen molar-refractivity contribution in [2.45, 2.75) is 11.8 Å². The molecule has 3 rings (SSSR count). The lowest BCUT2D eigenvalue weighted by Gasteiger charge is -2.10. The van der Waals surface area contributed by atoms with Crippen molar-refractivity contribution in [3.05, 3.63) is 66.2 Å². The van der Waals surface area contributed by atoms with Crippen LogP contribution in [-0.4, -0.2) is 31.6 Å². The third-order valence-electron chi connectivity index (χ3n) is 4.04. The van der Waals surface area contributed by atoms with E-state index in [9.17, 15) is 4.79 Å². The van der Waals surface area contributed by atoms with Crippen LogP contribution in [0.2, 0.25) is 0 Å². The zero-order valence-corrected chi connectivity index (χ0v) is 16.7. The number of nitrogens with one attached hydrogen (secondary N) is 1. The van der Waals surface area contributed by atoms with Crippen molar-refractivity contribution in [2.24, 2.45) is 5.10 Å². The molecule has 3 aromatic carbocycles. The maximum absolute atomic E-state index is 12.1. The monoisotopic (exact) mass is 394 g/mol. The third-order valence-corrected chi connectivity index (χ3v) is 5.05. The molecular weight excluding hydrogens is 372 g/mol. The molecule has 1 N–H and O–H groups in total. The minimum absolute atomic E-state index is 0.171. The first-order valence-electron chi connectivity index (χ1n) is 8.94. The summed E-state index contributed by atoms with van der Waals surface area (Å²) in [6, 6.07) is 19.5. The van der Waals surface area contributed by atoms with Gasteiger partial charge in [-0.15, -0.1) is 11.8 Å². The summed E-state index contributed by atoms with van der Waals surface area (Å²) in [6.07, 6.45) is 1.64. The minimum Gasteiger partial charge on any atom is -0.497 e. The molecule has 0 spiro atoms. The number of carbonyl (C=O) groups is 1. The van der Waals surface area contributed by atoms with Gasteiger partial charge in [-0.3, -0.25) is 4.79 Å². The van der Waals surface area contributed by atoms with Gasteiger partial charge in [-0.25, -0.2) is 5.43 Å². The minimum atomic E-state index is -0.171. The van der Waals surface area contributed by atoms with Crippen molar-refractivity contribution in [3.8, 4) is 11.5 Å². The molecule has 3 aromatic rings. The molecule has 0 fully saturated rings. The van der Waals surface area contributed by atoms with Gasteiger partial charge < -0.3 is 9.47 Å². The van der Waals surface area contributed by atoms with E-state index in [4.69, 9.17) is 9.47 Å². The van der Waals surface area contributed by atoms with Gasteiger partial charge in [-0.1, -0.05) is 30.3 Å². The van der Waals surface area contributed by atoms with E-state index in [1.54, 1.807) is 13.3 Å². The predicted molar refractivity (Wildman–Crippen MR) is 115 cm³/mol. The van der Waals surface area contributed by atoms with E-state index in [0.29, 0.717) is 6.61 Å². The first-order chi connectivity index (χ1) is 13.7. The fourth-order valence-corrected chi connectivity index (χ4v) is 3.40. The maximum Gasteiger partial charge on any atom is 0.250 e. The van der Waals surface area contributed by atoms with Gasteiger partial charge in [0.25, 0.3) is 0 Å². The van der Waals surface area contributed by atoms with Gasteiger partial charge in [0.2, 0.25) is 5.91 Å². The molecule has 0 atom stereocenters. The number of nitrogens with zero attached hydrogens (tertiary/aromatic N) is 1. The highest BCUT2D eigenvalue weighted by molar-refractivity contribution is 8.00. The summed E-state index contributed by atoms with van der Waals surface area (Å²) in [7, 11) is 1.63. The van der Waals surface area contributed by atoms with Crippen LogP contribution >= 0.6 is 11.8 Å². The van der Waals surface area contributed by atoms with Gasteiger partial charge in [0.05, 0.1) is 25.7 Å². The molecule has 28 heavy (non-hydrogen) atoms. The van der Waals surface area contributed by atoms with Crippen LogP contribution in [0.4, 0.5) is 0 Å². The van der Waals surface area contributed by atoms with Crippen LogP contribution < -0.4 is 14.9 Å². The number of hydrazone groups is 1. The van der Waals surface area contributed by atoms with E-state index in [1.165, 1.54) is 11.8 Å². The molecular formula is C22H22N2O3S. The van der Waals surface area contributed by atoms with Gasteiger partial charge in [0, 0.05) is 10.5 Å². The second kappa shape index (κ2) is 9.80. The summed E-state index contributed by atoms with van der Waals surface area (Å²) in [5.74, 6) is 1.64.